The molecule has 0 aliphatic heterocycles. The summed E-state index contributed by atoms with van der Waals surface area (Å²) in [5, 5.41) is 2.90. The summed E-state index contributed by atoms with van der Waals surface area (Å²) in [5.74, 6) is 1.55. The van der Waals surface area contributed by atoms with Crippen LogP contribution in [-0.4, -0.2) is 17.0 Å². The van der Waals surface area contributed by atoms with Crippen LogP contribution in [0.1, 0.15) is 11.5 Å². The summed E-state index contributed by atoms with van der Waals surface area (Å²) >= 11 is 0. The summed E-state index contributed by atoms with van der Waals surface area (Å²) in [7, 11) is 1.80. The number of anilines is 1. The van der Waals surface area contributed by atoms with Gasteiger partial charge in [-0.25, -0.2) is 4.98 Å². The van der Waals surface area contributed by atoms with Crippen molar-refractivity contribution in [2.24, 2.45) is 0 Å². The van der Waals surface area contributed by atoms with E-state index in [2.05, 4.69) is 15.3 Å². The molecular weight excluding hydrogens is 206 g/mol. The van der Waals surface area contributed by atoms with Gasteiger partial charge in [0.2, 0.25) is 0 Å². The van der Waals surface area contributed by atoms with Crippen molar-refractivity contribution < 1.29 is 9.15 Å². The highest BCUT2D eigenvalue weighted by atomic mass is 16.5. The predicted octanol–water partition coefficient (Wildman–Crippen LogP) is 1.83. The molecular formula is C11H13N3O2. The fourth-order valence-electron chi connectivity index (χ4n) is 1.21. The summed E-state index contributed by atoms with van der Waals surface area (Å²) in [6.45, 7) is 0.875. The molecule has 0 radical (unpaired) electrons. The number of ether oxygens (including phenoxy) is 1. The molecule has 0 saturated carbocycles. The zero-order valence-corrected chi connectivity index (χ0v) is 9.01. The maximum atomic E-state index is 5.42. The van der Waals surface area contributed by atoms with Crippen LogP contribution in [0.15, 0.2) is 35.2 Å². The van der Waals surface area contributed by atoms with Crippen molar-refractivity contribution in [3.8, 4) is 0 Å². The van der Waals surface area contributed by atoms with E-state index in [4.69, 9.17) is 9.15 Å². The fourth-order valence-corrected chi connectivity index (χ4v) is 1.21. The first-order chi connectivity index (χ1) is 7.88. The molecule has 0 saturated heterocycles. The Morgan fingerprint density at radius 2 is 2.25 bits per heavy atom. The molecule has 2 heterocycles. The summed E-state index contributed by atoms with van der Waals surface area (Å²) < 4.78 is 10.6. The molecule has 0 aliphatic carbocycles. The van der Waals surface area contributed by atoms with Crippen LogP contribution in [0.3, 0.4) is 0 Å². The highest BCUT2D eigenvalue weighted by Crippen LogP contribution is 2.05. The Labute approximate surface area is 93.5 Å². The van der Waals surface area contributed by atoms with E-state index in [1.54, 1.807) is 25.7 Å². The topological polar surface area (TPSA) is 60.2 Å². The highest BCUT2D eigenvalue weighted by molar-refractivity contribution is 5.29. The fraction of sp³-hybridized carbons (Fsp3) is 0.273. The van der Waals surface area contributed by atoms with Gasteiger partial charge in [-0.3, -0.25) is 4.98 Å². The molecule has 0 aliphatic rings. The molecule has 0 unspecified atom stereocenters. The van der Waals surface area contributed by atoms with Crippen molar-refractivity contribution in [1.29, 1.82) is 0 Å². The van der Waals surface area contributed by atoms with E-state index in [9.17, 15) is 0 Å². The van der Waals surface area contributed by atoms with Crippen LogP contribution in [0.25, 0.3) is 0 Å². The zero-order chi connectivity index (χ0) is 11.2. The average molecular weight is 219 g/mol. The van der Waals surface area contributed by atoms with E-state index in [1.807, 2.05) is 12.1 Å². The molecule has 0 amide bonds. The van der Waals surface area contributed by atoms with Crippen molar-refractivity contribution in [2.75, 3.05) is 12.4 Å². The van der Waals surface area contributed by atoms with Crippen molar-refractivity contribution in [2.45, 2.75) is 13.2 Å². The maximum Gasteiger partial charge on any atom is 0.144 e. The van der Waals surface area contributed by atoms with Gasteiger partial charge in [-0.1, -0.05) is 0 Å². The van der Waals surface area contributed by atoms with Gasteiger partial charge in [-0.05, 0) is 12.1 Å². The number of aromatic nitrogens is 2. The first-order valence-electron chi connectivity index (χ1n) is 4.97. The number of hydrogen-bond acceptors (Lipinski definition) is 5. The van der Waals surface area contributed by atoms with Gasteiger partial charge in [-0.2, -0.15) is 0 Å². The van der Waals surface area contributed by atoms with Gasteiger partial charge in [0, 0.05) is 7.05 Å². The Bertz CT molecular complexity index is 411. The average Bonchev–Trinajstić information content (AvgIpc) is 2.83. The van der Waals surface area contributed by atoms with Crippen LogP contribution < -0.4 is 5.32 Å². The molecule has 0 bridgehead atoms. The molecule has 0 atom stereocenters. The van der Waals surface area contributed by atoms with Gasteiger partial charge in [-0.15, -0.1) is 0 Å². The van der Waals surface area contributed by atoms with E-state index in [-0.39, 0.29) is 0 Å². The van der Waals surface area contributed by atoms with Gasteiger partial charge >= 0.3 is 0 Å². The van der Waals surface area contributed by atoms with Crippen LogP contribution >= 0.6 is 0 Å². The largest absolute Gasteiger partial charge is 0.467 e. The van der Waals surface area contributed by atoms with Gasteiger partial charge in [0.15, 0.2) is 0 Å². The van der Waals surface area contributed by atoms with E-state index < -0.39 is 0 Å². The molecule has 2 aromatic rings. The molecule has 2 rings (SSSR count). The third-order valence-electron chi connectivity index (χ3n) is 2.04. The molecule has 0 fully saturated rings. The standard InChI is InChI=1S/C11H13N3O2/c1-12-11-6-13-9(5-14-11)7-15-8-10-3-2-4-16-10/h2-6H,7-8H2,1H3,(H,12,14). The SMILES string of the molecule is CNc1cnc(COCc2ccco2)cn1. The van der Waals surface area contributed by atoms with Crippen LogP contribution in [0.5, 0.6) is 0 Å². The van der Waals surface area contributed by atoms with Gasteiger partial charge in [0.05, 0.1) is 31.0 Å². The van der Waals surface area contributed by atoms with Crippen molar-refractivity contribution in [1.82, 2.24) is 9.97 Å². The molecule has 1 N–H and O–H groups in total. The van der Waals surface area contributed by atoms with Crippen LogP contribution in [0.2, 0.25) is 0 Å². The highest BCUT2D eigenvalue weighted by Gasteiger charge is 1.99. The Hall–Kier alpha value is -1.88. The quantitative estimate of drug-likeness (QED) is 0.831. The summed E-state index contributed by atoms with van der Waals surface area (Å²) in [5.41, 5.74) is 0.797. The molecule has 16 heavy (non-hydrogen) atoms. The first kappa shape index (κ1) is 10.6. The number of nitrogens with one attached hydrogen (secondary N) is 1. The monoisotopic (exact) mass is 219 g/mol. The van der Waals surface area contributed by atoms with Crippen LogP contribution in [0.4, 0.5) is 5.82 Å². The van der Waals surface area contributed by atoms with E-state index >= 15 is 0 Å². The zero-order valence-electron chi connectivity index (χ0n) is 9.01. The third-order valence-corrected chi connectivity index (χ3v) is 2.04. The second-order valence-electron chi connectivity index (χ2n) is 3.22. The lowest BCUT2D eigenvalue weighted by Crippen LogP contribution is -1.99. The molecule has 84 valence electrons. The van der Waals surface area contributed by atoms with Crippen molar-refractivity contribution in [3.63, 3.8) is 0 Å². The third kappa shape index (κ3) is 2.80. The van der Waals surface area contributed by atoms with Crippen LogP contribution in [0, 0.1) is 0 Å². The van der Waals surface area contributed by atoms with Crippen molar-refractivity contribution in [3.05, 3.63) is 42.2 Å². The molecule has 0 spiro atoms. The number of hydrogen-bond donors (Lipinski definition) is 1. The van der Waals surface area contributed by atoms with Crippen LogP contribution in [-0.2, 0) is 18.0 Å². The first-order valence-corrected chi connectivity index (χ1v) is 4.97. The molecule has 2 aromatic heterocycles. The minimum atomic E-state index is 0.428. The Balaban J connectivity index is 1.81. The Kier molecular flexibility index (Phi) is 3.50. The lowest BCUT2D eigenvalue weighted by molar-refractivity contribution is 0.0904. The lowest BCUT2D eigenvalue weighted by atomic mass is 10.4. The molecule has 5 nitrogen and oxygen atoms in total. The number of rotatable bonds is 5. The van der Waals surface area contributed by atoms with E-state index in [0.717, 1.165) is 17.3 Å². The second kappa shape index (κ2) is 5.27. The number of furan rings is 1. The molecule has 5 heteroatoms. The van der Waals surface area contributed by atoms with E-state index in [0.29, 0.717) is 13.2 Å². The maximum absolute atomic E-state index is 5.42. The van der Waals surface area contributed by atoms with Crippen molar-refractivity contribution >= 4 is 5.82 Å². The Morgan fingerprint density at radius 3 is 2.88 bits per heavy atom. The lowest BCUT2D eigenvalue weighted by Gasteiger charge is -2.02. The second-order valence-corrected chi connectivity index (χ2v) is 3.22. The van der Waals surface area contributed by atoms with Gasteiger partial charge in [0.1, 0.15) is 18.2 Å². The van der Waals surface area contributed by atoms with Gasteiger partial charge in [0.25, 0.3) is 0 Å². The number of nitrogens with zero attached hydrogens (tertiary/aromatic N) is 2. The Morgan fingerprint density at radius 1 is 1.31 bits per heavy atom. The van der Waals surface area contributed by atoms with E-state index in [1.165, 1.54) is 0 Å². The summed E-state index contributed by atoms with van der Waals surface area (Å²) in [6, 6.07) is 3.70. The predicted molar refractivity (Wildman–Crippen MR) is 58.8 cm³/mol. The molecule has 0 aromatic carbocycles. The summed E-state index contributed by atoms with van der Waals surface area (Å²) in [6.07, 6.45) is 4.99. The van der Waals surface area contributed by atoms with Gasteiger partial charge < -0.3 is 14.5 Å². The normalized spacial score (nSPS) is 10.3. The summed E-state index contributed by atoms with van der Waals surface area (Å²) in [4.78, 5) is 8.32. The minimum absolute atomic E-state index is 0.428. The smallest absolute Gasteiger partial charge is 0.144 e. The minimum Gasteiger partial charge on any atom is -0.467 e.